The highest BCUT2D eigenvalue weighted by atomic mass is 35.5. The van der Waals surface area contributed by atoms with E-state index in [-0.39, 0.29) is 36.1 Å². The Morgan fingerprint density at radius 1 is 0.846 bits per heavy atom. The lowest BCUT2D eigenvalue weighted by Gasteiger charge is -2.44. The van der Waals surface area contributed by atoms with Crippen LogP contribution in [-0.4, -0.2) is 72.5 Å². The van der Waals surface area contributed by atoms with E-state index in [1.165, 1.54) is 63.8 Å². The molecule has 0 saturated carbocycles. The number of nitrogens with zero attached hydrogens (tertiary/aromatic N) is 3. The molecule has 0 radical (unpaired) electrons. The molecule has 1 atom stereocenters. The lowest BCUT2D eigenvalue weighted by atomic mass is 9.71. The van der Waals surface area contributed by atoms with Crippen LogP contribution in [-0.2, 0) is 5.41 Å². The van der Waals surface area contributed by atoms with Gasteiger partial charge in [-0.15, -0.1) is 24.8 Å². The minimum atomic E-state index is -0.0942. The van der Waals surface area contributed by atoms with Crippen LogP contribution in [0.25, 0.3) is 0 Å². The Kier molecular flexibility index (Phi) is 12.7. The number of rotatable bonds is 7. The standard InChI is InChI=1S/C31H41Cl2N3O.2ClH/c32-28-12-11-26(23-29(28)33)31(16-8-20-36(24-31)30(37)25-9-3-1-4-10-25)15-7-17-34-21-13-27(14-22-34)35-18-5-2-6-19-35;;/h1,3-4,9-12,23,27H,2,5-8,13-22,24H2;2*1H. The number of halogens is 4. The van der Waals surface area contributed by atoms with Crippen molar-refractivity contribution in [3.63, 3.8) is 0 Å². The van der Waals surface area contributed by atoms with E-state index in [0.717, 1.165) is 56.9 Å². The zero-order valence-corrected chi connectivity index (χ0v) is 26.0. The molecule has 3 heterocycles. The van der Waals surface area contributed by atoms with Gasteiger partial charge in [0.1, 0.15) is 0 Å². The average molecular weight is 616 g/mol. The van der Waals surface area contributed by atoms with Gasteiger partial charge in [-0.3, -0.25) is 4.79 Å². The van der Waals surface area contributed by atoms with Crippen LogP contribution >= 0.6 is 48.0 Å². The highest BCUT2D eigenvalue weighted by molar-refractivity contribution is 6.42. The van der Waals surface area contributed by atoms with E-state index in [1.807, 2.05) is 42.5 Å². The number of amides is 1. The van der Waals surface area contributed by atoms with Gasteiger partial charge >= 0.3 is 0 Å². The quantitative estimate of drug-likeness (QED) is 0.319. The molecule has 2 aromatic rings. The molecular formula is C31H43Cl4N3O. The molecule has 0 spiro atoms. The topological polar surface area (TPSA) is 26.8 Å². The Morgan fingerprint density at radius 3 is 2.26 bits per heavy atom. The third-order valence-corrected chi connectivity index (χ3v) is 9.75. The molecule has 0 bridgehead atoms. The maximum atomic E-state index is 13.4. The van der Waals surface area contributed by atoms with Crippen LogP contribution in [0.3, 0.4) is 0 Å². The summed E-state index contributed by atoms with van der Waals surface area (Å²) in [7, 11) is 0. The van der Waals surface area contributed by atoms with Crippen molar-refractivity contribution in [2.45, 2.75) is 69.2 Å². The summed E-state index contributed by atoms with van der Waals surface area (Å²) >= 11 is 12.8. The van der Waals surface area contributed by atoms with E-state index in [1.54, 1.807) is 0 Å². The van der Waals surface area contributed by atoms with Crippen LogP contribution in [0.5, 0.6) is 0 Å². The summed E-state index contributed by atoms with van der Waals surface area (Å²) in [5, 5.41) is 1.19. The molecule has 39 heavy (non-hydrogen) atoms. The van der Waals surface area contributed by atoms with Gasteiger partial charge in [0, 0.05) is 30.1 Å². The molecule has 1 amide bonds. The molecule has 3 aliphatic rings. The summed E-state index contributed by atoms with van der Waals surface area (Å²) < 4.78 is 0. The Balaban J connectivity index is 0.00000210. The first-order valence-corrected chi connectivity index (χ1v) is 15.1. The fourth-order valence-electron chi connectivity index (χ4n) is 6.91. The van der Waals surface area contributed by atoms with Crippen LogP contribution in [0, 0.1) is 0 Å². The summed E-state index contributed by atoms with van der Waals surface area (Å²) in [6.07, 6.45) is 11.0. The van der Waals surface area contributed by atoms with Gasteiger partial charge in [-0.2, -0.15) is 0 Å². The minimum absolute atomic E-state index is 0. The number of likely N-dealkylation sites (tertiary alicyclic amines) is 3. The first kappa shape index (κ1) is 32.5. The number of carbonyl (C=O) groups excluding carboxylic acids is 1. The summed E-state index contributed by atoms with van der Waals surface area (Å²) in [6, 6.07) is 16.6. The second-order valence-electron chi connectivity index (χ2n) is 11.4. The van der Waals surface area contributed by atoms with Crippen molar-refractivity contribution in [3.05, 3.63) is 69.7 Å². The van der Waals surface area contributed by atoms with Crippen LogP contribution in [0.15, 0.2) is 48.5 Å². The number of hydrogen-bond acceptors (Lipinski definition) is 3. The van der Waals surface area contributed by atoms with E-state index in [2.05, 4.69) is 20.8 Å². The van der Waals surface area contributed by atoms with Gasteiger partial charge in [0.05, 0.1) is 10.0 Å². The fourth-order valence-corrected chi connectivity index (χ4v) is 7.21. The number of carbonyl (C=O) groups is 1. The predicted octanol–water partition coefficient (Wildman–Crippen LogP) is 7.74. The largest absolute Gasteiger partial charge is 0.338 e. The molecule has 0 aromatic heterocycles. The molecule has 3 saturated heterocycles. The molecule has 8 heteroatoms. The Hall–Kier alpha value is -1.01. The van der Waals surface area contributed by atoms with Crippen LogP contribution in [0.1, 0.15) is 73.7 Å². The van der Waals surface area contributed by atoms with E-state index >= 15 is 0 Å². The lowest BCUT2D eigenvalue weighted by Crippen LogP contribution is -2.49. The summed E-state index contributed by atoms with van der Waals surface area (Å²) in [5.41, 5.74) is 1.89. The van der Waals surface area contributed by atoms with Crippen molar-refractivity contribution in [1.29, 1.82) is 0 Å². The Bertz CT molecular complexity index is 1040. The van der Waals surface area contributed by atoms with Crippen molar-refractivity contribution >= 4 is 53.9 Å². The van der Waals surface area contributed by atoms with E-state index in [9.17, 15) is 4.79 Å². The molecular weight excluding hydrogens is 572 g/mol. The van der Waals surface area contributed by atoms with E-state index < -0.39 is 0 Å². The molecule has 2 aromatic carbocycles. The second kappa shape index (κ2) is 15.3. The van der Waals surface area contributed by atoms with Crippen LogP contribution in [0.2, 0.25) is 10.0 Å². The van der Waals surface area contributed by atoms with Gasteiger partial charge in [0.15, 0.2) is 0 Å². The molecule has 1 unspecified atom stereocenters. The SMILES string of the molecule is Cl.Cl.O=C(c1ccccc1)N1CCCC(CCCN2CCC(N3CCCCC3)CC2)(c2ccc(Cl)c(Cl)c2)C1. The minimum Gasteiger partial charge on any atom is -0.338 e. The Labute approximate surface area is 257 Å². The second-order valence-corrected chi connectivity index (χ2v) is 12.2. The molecule has 3 aliphatic heterocycles. The predicted molar refractivity (Wildman–Crippen MR) is 168 cm³/mol. The van der Waals surface area contributed by atoms with Crippen LogP contribution < -0.4 is 0 Å². The van der Waals surface area contributed by atoms with Crippen molar-refractivity contribution in [1.82, 2.24) is 14.7 Å². The van der Waals surface area contributed by atoms with Gasteiger partial charge in [-0.25, -0.2) is 0 Å². The normalized spacial score (nSPS) is 23.1. The van der Waals surface area contributed by atoms with Gasteiger partial charge in [-0.1, -0.05) is 53.9 Å². The molecule has 4 nitrogen and oxygen atoms in total. The monoisotopic (exact) mass is 613 g/mol. The van der Waals surface area contributed by atoms with Crippen molar-refractivity contribution < 1.29 is 4.79 Å². The van der Waals surface area contributed by atoms with Crippen molar-refractivity contribution in [3.8, 4) is 0 Å². The first-order valence-electron chi connectivity index (χ1n) is 14.3. The van der Waals surface area contributed by atoms with Gasteiger partial charge in [0.25, 0.3) is 5.91 Å². The van der Waals surface area contributed by atoms with Crippen molar-refractivity contribution in [2.75, 3.05) is 45.8 Å². The van der Waals surface area contributed by atoms with Crippen LogP contribution in [0.4, 0.5) is 0 Å². The third-order valence-electron chi connectivity index (χ3n) is 9.01. The molecule has 3 fully saturated rings. The lowest BCUT2D eigenvalue weighted by molar-refractivity contribution is 0.0612. The highest BCUT2D eigenvalue weighted by Gasteiger charge is 2.39. The number of benzene rings is 2. The maximum Gasteiger partial charge on any atom is 0.253 e. The fraction of sp³-hybridized carbons (Fsp3) is 0.581. The Morgan fingerprint density at radius 2 is 1.56 bits per heavy atom. The van der Waals surface area contributed by atoms with Crippen molar-refractivity contribution in [2.24, 2.45) is 0 Å². The maximum absolute atomic E-state index is 13.4. The van der Waals surface area contributed by atoms with Gasteiger partial charge < -0.3 is 14.7 Å². The first-order chi connectivity index (χ1) is 18.0. The number of hydrogen-bond donors (Lipinski definition) is 0. The van der Waals surface area contributed by atoms with E-state index in [0.29, 0.717) is 10.0 Å². The zero-order chi connectivity index (χ0) is 25.7. The average Bonchev–Trinajstić information content (AvgIpc) is 2.95. The smallest absolute Gasteiger partial charge is 0.253 e. The van der Waals surface area contributed by atoms with E-state index in [4.69, 9.17) is 23.2 Å². The van der Waals surface area contributed by atoms with Gasteiger partial charge in [0.2, 0.25) is 0 Å². The number of piperidine rings is 3. The highest BCUT2D eigenvalue weighted by Crippen LogP contribution is 2.41. The summed E-state index contributed by atoms with van der Waals surface area (Å²) in [4.78, 5) is 20.9. The zero-order valence-electron chi connectivity index (χ0n) is 22.8. The molecule has 0 N–H and O–H groups in total. The summed E-state index contributed by atoms with van der Waals surface area (Å²) in [5.74, 6) is 0.129. The third kappa shape index (κ3) is 8.05. The molecule has 0 aliphatic carbocycles. The molecule has 5 rings (SSSR count). The van der Waals surface area contributed by atoms with Gasteiger partial charge in [-0.05, 0) is 114 Å². The molecule has 216 valence electrons. The summed E-state index contributed by atoms with van der Waals surface area (Å²) in [6.45, 7) is 7.68.